The van der Waals surface area contributed by atoms with Crippen LogP contribution < -0.4 is 4.74 Å². The van der Waals surface area contributed by atoms with Crippen molar-refractivity contribution in [3.63, 3.8) is 0 Å². The largest absolute Gasteiger partial charge is 0.508 e. The van der Waals surface area contributed by atoms with Gasteiger partial charge >= 0.3 is 11.9 Å². The van der Waals surface area contributed by atoms with E-state index in [1.165, 1.54) is 24.3 Å². The van der Waals surface area contributed by atoms with Crippen molar-refractivity contribution in [2.24, 2.45) is 0 Å². The van der Waals surface area contributed by atoms with Gasteiger partial charge in [-0.3, -0.25) is 0 Å². The van der Waals surface area contributed by atoms with E-state index in [0.717, 1.165) is 6.07 Å². The maximum atomic E-state index is 11.6. The Morgan fingerprint density at radius 2 is 2.06 bits per heavy atom. The van der Waals surface area contributed by atoms with Gasteiger partial charge in [0.1, 0.15) is 16.4 Å². The first-order chi connectivity index (χ1) is 8.56. The van der Waals surface area contributed by atoms with E-state index < -0.39 is 11.9 Å². The SMILES string of the molecule is O=C(Oc1cccc(O)c1)c1cc(C(=O)O)sn1. The summed E-state index contributed by atoms with van der Waals surface area (Å²) in [5, 5.41) is 17.9. The van der Waals surface area contributed by atoms with Crippen molar-refractivity contribution in [2.45, 2.75) is 0 Å². The molecule has 2 rings (SSSR count). The van der Waals surface area contributed by atoms with E-state index in [1.807, 2.05) is 0 Å². The summed E-state index contributed by atoms with van der Waals surface area (Å²) in [4.78, 5) is 22.2. The van der Waals surface area contributed by atoms with E-state index in [-0.39, 0.29) is 22.1 Å². The third-order valence-corrected chi connectivity index (χ3v) is 2.74. The molecule has 2 N–H and O–H groups in total. The number of ether oxygens (including phenoxy) is 1. The number of carbonyl (C=O) groups excluding carboxylic acids is 1. The lowest BCUT2D eigenvalue weighted by molar-refractivity contribution is 0.0702. The van der Waals surface area contributed by atoms with E-state index in [1.54, 1.807) is 0 Å². The van der Waals surface area contributed by atoms with Crippen molar-refractivity contribution in [3.8, 4) is 11.5 Å². The topological polar surface area (TPSA) is 96.7 Å². The molecule has 0 spiro atoms. The summed E-state index contributed by atoms with van der Waals surface area (Å²) >= 11 is 0.700. The molecular weight excluding hydrogens is 258 g/mol. The van der Waals surface area contributed by atoms with Gasteiger partial charge in [0.05, 0.1) is 0 Å². The van der Waals surface area contributed by atoms with E-state index in [9.17, 15) is 14.7 Å². The summed E-state index contributed by atoms with van der Waals surface area (Å²) in [6.45, 7) is 0. The number of benzene rings is 1. The molecule has 0 unspecified atom stereocenters. The molecule has 0 saturated heterocycles. The summed E-state index contributed by atoms with van der Waals surface area (Å²) in [5.41, 5.74) is -0.0826. The maximum absolute atomic E-state index is 11.6. The molecule has 0 aliphatic heterocycles. The molecule has 1 heterocycles. The van der Waals surface area contributed by atoms with Gasteiger partial charge in [0.2, 0.25) is 0 Å². The molecule has 1 aromatic carbocycles. The molecule has 0 aliphatic rings. The number of hydrogen-bond acceptors (Lipinski definition) is 6. The molecule has 92 valence electrons. The number of nitrogens with zero attached hydrogens (tertiary/aromatic N) is 1. The Kier molecular flexibility index (Phi) is 3.24. The quantitative estimate of drug-likeness (QED) is 0.648. The summed E-state index contributed by atoms with van der Waals surface area (Å²) in [7, 11) is 0. The predicted octanol–water partition coefficient (Wildman–Crippen LogP) is 1.77. The first-order valence-corrected chi connectivity index (χ1v) is 5.55. The zero-order valence-electron chi connectivity index (χ0n) is 8.86. The van der Waals surface area contributed by atoms with Gasteiger partial charge in [-0.05, 0) is 29.7 Å². The molecule has 0 fully saturated rings. The Labute approximate surface area is 105 Å². The molecule has 0 atom stereocenters. The van der Waals surface area contributed by atoms with Crippen LogP contribution in [0, 0.1) is 0 Å². The summed E-state index contributed by atoms with van der Waals surface area (Å²) in [6.07, 6.45) is 0. The normalized spacial score (nSPS) is 10.0. The van der Waals surface area contributed by atoms with Gasteiger partial charge in [0, 0.05) is 6.07 Å². The Bertz CT molecular complexity index is 607. The second kappa shape index (κ2) is 4.84. The molecule has 2 aromatic rings. The first kappa shape index (κ1) is 12.1. The van der Waals surface area contributed by atoms with Gasteiger partial charge in [-0.2, -0.15) is 4.37 Å². The van der Waals surface area contributed by atoms with E-state index in [4.69, 9.17) is 9.84 Å². The van der Waals surface area contributed by atoms with Gasteiger partial charge in [-0.1, -0.05) is 6.07 Å². The highest BCUT2D eigenvalue weighted by Gasteiger charge is 2.16. The summed E-state index contributed by atoms with van der Waals surface area (Å²) in [6, 6.07) is 6.84. The number of carboxylic acid groups (broad SMARTS) is 1. The predicted molar refractivity (Wildman–Crippen MR) is 62.1 cm³/mol. The van der Waals surface area contributed by atoms with Gasteiger partial charge in [0.15, 0.2) is 5.69 Å². The summed E-state index contributed by atoms with van der Waals surface area (Å²) < 4.78 is 8.61. The van der Waals surface area contributed by atoms with E-state index in [2.05, 4.69) is 4.37 Å². The van der Waals surface area contributed by atoms with Gasteiger partial charge in [-0.15, -0.1) is 0 Å². The zero-order chi connectivity index (χ0) is 13.1. The maximum Gasteiger partial charge on any atom is 0.363 e. The number of aromatic carboxylic acids is 1. The van der Waals surface area contributed by atoms with Crippen LogP contribution in [0.5, 0.6) is 11.5 Å². The smallest absolute Gasteiger partial charge is 0.363 e. The fourth-order valence-corrected chi connectivity index (χ4v) is 1.74. The molecule has 0 saturated carbocycles. The van der Waals surface area contributed by atoms with Crippen LogP contribution >= 0.6 is 11.5 Å². The lowest BCUT2D eigenvalue weighted by Gasteiger charge is -2.01. The van der Waals surface area contributed by atoms with Gasteiger partial charge in [-0.25, -0.2) is 9.59 Å². The third-order valence-electron chi connectivity index (χ3n) is 1.96. The van der Waals surface area contributed by atoms with Gasteiger partial charge in [0.25, 0.3) is 0 Å². The number of phenolic OH excluding ortho intramolecular Hbond substituents is 1. The van der Waals surface area contributed by atoms with Crippen LogP contribution in [0.15, 0.2) is 30.3 Å². The second-order valence-electron chi connectivity index (χ2n) is 3.27. The Hall–Kier alpha value is -2.41. The van der Waals surface area contributed by atoms with Crippen LogP contribution in [0.3, 0.4) is 0 Å². The fraction of sp³-hybridized carbons (Fsp3) is 0. The highest BCUT2D eigenvalue weighted by Crippen LogP contribution is 2.19. The Morgan fingerprint density at radius 1 is 1.28 bits per heavy atom. The number of rotatable bonds is 3. The van der Waals surface area contributed by atoms with Crippen molar-refractivity contribution >= 4 is 23.5 Å². The van der Waals surface area contributed by atoms with Crippen LogP contribution in [0.4, 0.5) is 0 Å². The zero-order valence-corrected chi connectivity index (χ0v) is 9.68. The van der Waals surface area contributed by atoms with Crippen LogP contribution in [0.1, 0.15) is 20.2 Å². The van der Waals surface area contributed by atoms with E-state index >= 15 is 0 Å². The number of hydrogen-bond donors (Lipinski definition) is 2. The third kappa shape index (κ3) is 2.64. The minimum Gasteiger partial charge on any atom is -0.508 e. The highest BCUT2D eigenvalue weighted by molar-refractivity contribution is 7.08. The number of phenols is 1. The number of aromatic hydroxyl groups is 1. The average Bonchev–Trinajstić information content (AvgIpc) is 2.78. The van der Waals surface area contributed by atoms with Crippen LogP contribution in [-0.2, 0) is 0 Å². The molecule has 6 nitrogen and oxygen atoms in total. The lowest BCUT2D eigenvalue weighted by atomic mass is 10.3. The van der Waals surface area contributed by atoms with Crippen molar-refractivity contribution in [1.29, 1.82) is 0 Å². The Balaban J connectivity index is 2.14. The van der Waals surface area contributed by atoms with Crippen LogP contribution in [0.25, 0.3) is 0 Å². The van der Waals surface area contributed by atoms with E-state index in [0.29, 0.717) is 11.5 Å². The molecule has 18 heavy (non-hydrogen) atoms. The Morgan fingerprint density at radius 3 is 2.67 bits per heavy atom. The number of carboxylic acids is 1. The molecule has 7 heteroatoms. The molecular formula is C11H7NO5S. The minimum atomic E-state index is -1.15. The van der Waals surface area contributed by atoms with Crippen LogP contribution in [-0.4, -0.2) is 26.5 Å². The minimum absolute atomic E-state index is 0.0372. The standard InChI is InChI=1S/C11H7NO5S/c13-6-2-1-3-7(4-6)17-11(16)8-5-9(10(14)15)18-12-8/h1-5,13H,(H,14,15). The van der Waals surface area contributed by atoms with Crippen LogP contribution in [0.2, 0.25) is 0 Å². The fourth-order valence-electron chi connectivity index (χ4n) is 1.18. The number of esters is 1. The van der Waals surface area contributed by atoms with Crippen molar-refractivity contribution in [1.82, 2.24) is 4.37 Å². The molecule has 0 amide bonds. The molecule has 0 radical (unpaired) electrons. The highest BCUT2D eigenvalue weighted by atomic mass is 32.1. The van der Waals surface area contributed by atoms with Crippen molar-refractivity contribution < 1.29 is 24.5 Å². The molecule has 0 aliphatic carbocycles. The van der Waals surface area contributed by atoms with Crippen molar-refractivity contribution in [2.75, 3.05) is 0 Å². The molecule has 1 aromatic heterocycles. The second-order valence-corrected chi connectivity index (χ2v) is 4.07. The number of aromatic nitrogens is 1. The first-order valence-electron chi connectivity index (χ1n) is 4.77. The summed E-state index contributed by atoms with van der Waals surface area (Å²) in [5.74, 6) is -1.80. The van der Waals surface area contributed by atoms with Gasteiger partial charge < -0.3 is 14.9 Å². The molecule has 0 bridgehead atoms. The van der Waals surface area contributed by atoms with Crippen molar-refractivity contribution in [3.05, 3.63) is 40.9 Å². The lowest BCUT2D eigenvalue weighted by Crippen LogP contribution is -2.08. The number of carbonyl (C=O) groups is 2. The monoisotopic (exact) mass is 265 g/mol. The average molecular weight is 265 g/mol.